The van der Waals surface area contributed by atoms with Crippen LogP contribution >= 0.6 is 0 Å². The highest BCUT2D eigenvalue weighted by Gasteiger charge is 2.21. The number of hydrogen-bond donors (Lipinski definition) is 2. The molecule has 8 heteroatoms. The Balaban J connectivity index is 1.61. The van der Waals surface area contributed by atoms with E-state index in [1.165, 1.54) is 12.8 Å². The number of amides is 1. The van der Waals surface area contributed by atoms with Gasteiger partial charge in [-0.05, 0) is 58.4 Å². The lowest BCUT2D eigenvalue weighted by Gasteiger charge is -2.24. The normalized spacial score (nSPS) is 16.3. The van der Waals surface area contributed by atoms with Crippen LogP contribution in [0.1, 0.15) is 52.9 Å². The molecule has 3 heterocycles. The molecule has 4 rings (SSSR count). The van der Waals surface area contributed by atoms with Crippen molar-refractivity contribution in [1.29, 1.82) is 0 Å². The van der Waals surface area contributed by atoms with Gasteiger partial charge in [0.05, 0.1) is 17.0 Å². The Kier molecular flexibility index (Phi) is 6.08. The molecule has 1 fully saturated rings. The Hall–Kier alpha value is -3.13. The Bertz CT molecular complexity index is 1060. The van der Waals surface area contributed by atoms with E-state index in [0.717, 1.165) is 35.5 Å². The molecule has 0 aliphatic carbocycles. The number of oxazole rings is 1. The molecule has 1 aliphatic rings. The number of carbonyl (C=O) groups is 1. The molecule has 0 radical (unpaired) electrons. The number of rotatable bonds is 6. The number of benzene rings is 1. The molecule has 2 aromatic heterocycles. The second-order valence-electron chi connectivity index (χ2n) is 7.97. The summed E-state index contributed by atoms with van der Waals surface area (Å²) >= 11 is 0. The number of piperidine rings is 1. The molecule has 1 atom stereocenters. The minimum Gasteiger partial charge on any atom is -0.491 e. The average molecular weight is 425 g/mol. The van der Waals surface area contributed by atoms with Crippen LogP contribution in [0.2, 0.25) is 0 Å². The van der Waals surface area contributed by atoms with Crippen LogP contribution in [0.15, 0.2) is 27.1 Å². The van der Waals surface area contributed by atoms with Gasteiger partial charge >= 0.3 is 0 Å². The van der Waals surface area contributed by atoms with E-state index < -0.39 is 0 Å². The Morgan fingerprint density at radius 1 is 1.23 bits per heavy atom. The summed E-state index contributed by atoms with van der Waals surface area (Å²) in [5.41, 5.74) is 3.64. The molecule has 31 heavy (non-hydrogen) atoms. The maximum absolute atomic E-state index is 12.7. The Labute approximate surface area is 181 Å². The number of nitrogens with one attached hydrogen (secondary N) is 2. The van der Waals surface area contributed by atoms with Crippen molar-refractivity contribution in [2.75, 3.05) is 18.5 Å². The fraction of sp³-hybridized carbons (Fsp3) is 0.435. The SMILES string of the molecule is Cc1nc(C)c(C(=O)Nc2ccc(OC[C@H]3CCCCN3)c(-c3c(C)noc3C)c2)o1. The van der Waals surface area contributed by atoms with Crippen molar-refractivity contribution < 1.29 is 18.5 Å². The van der Waals surface area contributed by atoms with Crippen LogP contribution in [0.5, 0.6) is 5.75 Å². The van der Waals surface area contributed by atoms with Crippen molar-refractivity contribution in [1.82, 2.24) is 15.5 Å². The highest BCUT2D eigenvalue weighted by molar-refractivity contribution is 6.03. The van der Waals surface area contributed by atoms with Crippen molar-refractivity contribution in [2.45, 2.75) is 53.0 Å². The van der Waals surface area contributed by atoms with Crippen molar-refractivity contribution in [3.63, 3.8) is 0 Å². The molecular weight excluding hydrogens is 396 g/mol. The van der Waals surface area contributed by atoms with Crippen LogP contribution in [0.4, 0.5) is 5.69 Å². The summed E-state index contributed by atoms with van der Waals surface area (Å²) in [6.45, 7) is 8.83. The van der Waals surface area contributed by atoms with Crippen LogP contribution in [0, 0.1) is 27.7 Å². The number of hydrogen-bond acceptors (Lipinski definition) is 7. The zero-order valence-corrected chi connectivity index (χ0v) is 18.4. The van der Waals surface area contributed by atoms with Crippen LogP contribution < -0.4 is 15.4 Å². The summed E-state index contributed by atoms with van der Waals surface area (Å²) in [5.74, 6) is 1.75. The van der Waals surface area contributed by atoms with Gasteiger partial charge in [-0.25, -0.2) is 4.98 Å². The van der Waals surface area contributed by atoms with E-state index in [-0.39, 0.29) is 11.7 Å². The molecule has 0 saturated carbocycles. The smallest absolute Gasteiger partial charge is 0.293 e. The van der Waals surface area contributed by atoms with E-state index in [4.69, 9.17) is 13.7 Å². The van der Waals surface area contributed by atoms with Gasteiger partial charge in [0.2, 0.25) is 5.76 Å². The molecule has 0 spiro atoms. The number of ether oxygens (including phenoxy) is 1. The number of aromatic nitrogens is 2. The summed E-state index contributed by atoms with van der Waals surface area (Å²) < 4.78 is 17.0. The van der Waals surface area contributed by atoms with Gasteiger partial charge in [-0.15, -0.1) is 0 Å². The van der Waals surface area contributed by atoms with Gasteiger partial charge in [-0.3, -0.25) is 4.79 Å². The highest BCUT2D eigenvalue weighted by Crippen LogP contribution is 2.37. The van der Waals surface area contributed by atoms with E-state index in [2.05, 4.69) is 20.8 Å². The zero-order valence-electron chi connectivity index (χ0n) is 18.4. The van der Waals surface area contributed by atoms with Gasteiger partial charge in [0.25, 0.3) is 5.91 Å². The first-order valence-electron chi connectivity index (χ1n) is 10.6. The fourth-order valence-corrected chi connectivity index (χ4v) is 3.98. The minimum atomic E-state index is -0.345. The summed E-state index contributed by atoms with van der Waals surface area (Å²) in [7, 11) is 0. The van der Waals surface area contributed by atoms with Gasteiger partial charge in [0.1, 0.15) is 18.1 Å². The second kappa shape index (κ2) is 8.93. The van der Waals surface area contributed by atoms with Crippen molar-refractivity contribution in [3.05, 3.63) is 47.0 Å². The first-order chi connectivity index (χ1) is 14.9. The topological polar surface area (TPSA) is 102 Å². The quantitative estimate of drug-likeness (QED) is 0.607. The molecule has 1 aromatic carbocycles. The molecule has 1 aliphatic heterocycles. The third-order valence-electron chi connectivity index (χ3n) is 5.50. The first kappa shape index (κ1) is 21.1. The lowest BCUT2D eigenvalue weighted by molar-refractivity contribution is 0.0994. The molecule has 1 amide bonds. The van der Waals surface area contributed by atoms with Gasteiger partial charge in [0.15, 0.2) is 5.89 Å². The summed E-state index contributed by atoms with van der Waals surface area (Å²) in [6, 6.07) is 5.91. The summed E-state index contributed by atoms with van der Waals surface area (Å²) in [6.07, 6.45) is 3.52. The number of anilines is 1. The Morgan fingerprint density at radius 3 is 2.71 bits per heavy atom. The second-order valence-corrected chi connectivity index (χ2v) is 7.97. The van der Waals surface area contributed by atoms with E-state index in [9.17, 15) is 4.79 Å². The van der Waals surface area contributed by atoms with E-state index in [1.54, 1.807) is 13.8 Å². The maximum Gasteiger partial charge on any atom is 0.293 e. The van der Waals surface area contributed by atoms with Gasteiger partial charge in [0, 0.05) is 24.2 Å². The third kappa shape index (κ3) is 4.64. The molecule has 8 nitrogen and oxygen atoms in total. The highest BCUT2D eigenvalue weighted by atomic mass is 16.5. The first-order valence-corrected chi connectivity index (χ1v) is 10.6. The molecule has 1 saturated heterocycles. The maximum atomic E-state index is 12.7. The van der Waals surface area contributed by atoms with Crippen LogP contribution in [-0.2, 0) is 0 Å². The lowest BCUT2D eigenvalue weighted by atomic mass is 10.0. The van der Waals surface area contributed by atoms with Crippen LogP contribution in [0.3, 0.4) is 0 Å². The van der Waals surface area contributed by atoms with E-state index in [0.29, 0.717) is 35.7 Å². The van der Waals surface area contributed by atoms with E-state index in [1.807, 2.05) is 32.0 Å². The zero-order chi connectivity index (χ0) is 22.0. The number of aryl methyl sites for hydroxylation is 4. The predicted octanol–water partition coefficient (Wildman–Crippen LogP) is 4.34. The standard InChI is InChI=1S/C23H28N4O4/c1-13-21(15(3)31-27-13)19-11-17(26-23(28)22-14(2)25-16(4)30-22)8-9-20(19)29-12-18-7-5-6-10-24-18/h8-9,11,18,24H,5-7,10,12H2,1-4H3,(H,26,28)/t18-/m1/s1. The molecule has 0 unspecified atom stereocenters. The van der Waals surface area contributed by atoms with E-state index >= 15 is 0 Å². The largest absolute Gasteiger partial charge is 0.491 e. The lowest BCUT2D eigenvalue weighted by Crippen LogP contribution is -2.38. The number of nitrogens with zero attached hydrogens (tertiary/aromatic N) is 2. The van der Waals surface area contributed by atoms with Crippen LogP contribution in [0.25, 0.3) is 11.1 Å². The fourth-order valence-electron chi connectivity index (χ4n) is 3.98. The monoisotopic (exact) mass is 424 g/mol. The molecule has 164 valence electrons. The third-order valence-corrected chi connectivity index (χ3v) is 5.50. The van der Waals surface area contributed by atoms with Gasteiger partial charge in [-0.2, -0.15) is 0 Å². The molecule has 0 bridgehead atoms. The molecule has 2 N–H and O–H groups in total. The van der Waals surface area contributed by atoms with Gasteiger partial charge in [-0.1, -0.05) is 11.6 Å². The van der Waals surface area contributed by atoms with Crippen molar-refractivity contribution in [2.24, 2.45) is 0 Å². The molecular formula is C23H28N4O4. The van der Waals surface area contributed by atoms with Gasteiger partial charge < -0.3 is 24.3 Å². The minimum absolute atomic E-state index is 0.208. The summed E-state index contributed by atoms with van der Waals surface area (Å²) in [5, 5.41) is 10.5. The average Bonchev–Trinajstić information content (AvgIpc) is 3.27. The summed E-state index contributed by atoms with van der Waals surface area (Å²) in [4.78, 5) is 16.8. The predicted molar refractivity (Wildman–Crippen MR) is 116 cm³/mol. The van der Waals surface area contributed by atoms with Crippen molar-refractivity contribution in [3.8, 4) is 16.9 Å². The Morgan fingerprint density at radius 2 is 2.06 bits per heavy atom. The van der Waals surface area contributed by atoms with Crippen molar-refractivity contribution >= 4 is 11.6 Å². The number of carbonyl (C=O) groups excluding carboxylic acids is 1. The molecule has 3 aromatic rings. The van der Waals surface area contributed by atoms with Crippen LogP contribution in [-0.4, -0.2) is 35.2 Å².